The van der Waals surface area contributed by atoms with Crippen LogP contribution in [0.1, 0.15) is 73.5 Å². The Kier molecular flexibility index (Phi) is 6.26. The number of carbonyl (C=O) groups excluding carboxylic acids is 1. The molecule has 6 heteroatoms. The van der Waals surface area contributed by atoms with Gasteiger partial charge in [0.1, 0.15) is 5.69 Å². The molecule has 0 unspecified atom stereocenters. The number of nitrogens with one attached hydrogen (secondary N) is 1. The molecule has 2 aliphatic rings. The van der Waals surface area contributed by atoms with Crippen LogP contribution < -0.4 is 5.73 Å². The summed E-state index contributed by atoms with van der Waals surface area (Å²) >= 11 is 0. The first kappa shape index (κ1) is 17.4. The summed E-state index contributed by atoms with van der Waals surface area (Å²) in [6.45, 7) is 3.94. The summed E-state index contributed by atoms with van der Waals surface area (Å²) in [5.74, 6) is -0.0702. The predicted molar refractivity (Wildman–Crippen MR) is 93.0 cm³/mol. The van der Waals surface area contributed by atoms with E-state index in [2.05, 4.69) is 15.1 Å². The number of rotatable bonds is 6. The van der Waals surface area contributed by atoms with Crippen molar-refractivity contribution in [2.75, 3.05) is 26.2 Å². The first-order valence-corrected chi connectivity index (χ1v) is 9.41. The van der Waals surface area contributed by atoms with Gasteiger partial charge < -0.3 is 15.4 Å². The molecule has 1 aliphatic heterocycles. The molecule has 134 valence electrons. The number of H-pyrrole nitrogens is 1. The van der Waals surface area contributed by atoms with Crippen molar-refractivity contribution in [3.05, 3.63) is 17.5 Å². The van der Waals surface area contributed by atoms with Crippen molar-refractivity contribution >= 4 is 5.91 Å². The second kappa shape index (κ2) is 8.62. The minimum atomic E-state index is -0.470. The minimum Gasteiger partial charge on any atom is -0.377 e. The molecule has 1 aliphatic carbocycles. The Labute approximate surface area is 144 Å². The molecule has 1 saturated carbocycles. The third-order valence-electron chi connectivity index (χ3n) is 5.36. The fourth-order valence-electron chi connectivity index (χ4n) is 3.94. The van der Waals surface area contributed by atoms with E-state index in [9.17, 15) is 4.79 Å². The first-order chi connectivity index (χ1) is 11.7. The number of aromatic amines is 1. The second-order valence-corrected chi connectivity index (χ2v) is 7.20. The Morgan fingerprint density at radius 1 is 1.25 bits per heavy atom. The number of nitrogens with zero attached hydrogens (tertiary/aromatic N) is 2. The van der Waals surface area contributed by atoms with Gasteiger partial charge in [0, 0.05) is 24.7 Å². The van der Waals surface area contributed by atoms with E-state index in [1.165, 1.54) is 44.9 Å². The monoisotopic (exact) mass is 334 g/mol. The maximum absolute atomic E-state index is 11.2. The first-order valence-electron chi connectivity index (χ1n) is 9.41. The molecule has 24 heavy (non-hydrogen) atoms. The van der Waals surface area contributed by atoms with Crippen LogP contribution in [0.5, 0.6) is 0 Å². The highest BCUT2D eigenvalue weighted by Crippen LogP contribution is 2.26. The number of likely N-dealkylation sites (tertiary alicyclic amines) is 1. The molecular formula is C18H30N4O2. The molecule has 3 N–H and O–H groups in total. The molecule has 1 aromatic rings. The number of carbonyl (C=O) groups is 1. The van der Waals surface area contributed by atoms with Gasteiger partial charge in [0.25, 0.3) is 5.91 Å². The van der Waals surface area contributed by atoms with Gasteiger partial charge >= 0.3 is 0 Å². The zero-order chi connectivity index (χ0) is 16.8. The van der Waals surface area contributed by atoms with E-state index in [0.717, 1.165) is 38.4 Å². The Hall–Kier alpha value is -1.40. The fraction of sp³-hybridized carbons (Fsp3) is 0.778. The van der Waals surface area contributed by atoms with Crippen LogP contribution in [0.4, 0.5) is 0 Å². The van der Waals surface area contributed by atoms with Gasteiger partial charge in [-0.2, -0.15) is 5.10 Å². The molecule has 1 atom stereocenters. The predicted octanol–water partition coefficient (Wildman–Crippen LogP) is 2.43. The smallest absolute Gasteiger partial charge is 0.269 e. The lowest BCUT2D eigenvalue weighted by atomic mass is 9.94. The molecule has 0 spiro atoms. The Bertz CT molecular complexity index is 523. The minimum absolute atomic E-state index is 0.332. The SMILES string of the molecule is NC(=O)c1cc([C@@H]2CCCN(CCOC3CCCCCC3)C2)[nH]n1. The lowest BCUT2D eigenvalue weighted by Crippen LogP contribution is -2.37. The Morgan fingerprint density at radius 2 is 2.04 bits per heavy atom. The van der Waals surface area contributed by atoms with Crippen LogP contribution in [0.15, 0.2) is 6.07 Å². The molecule has 1 amide bonds. The van der Waals surface area contributed by atoms with E-state index in [4.69, 9.17) is 10.5 Å². The second-order valence-electron chi connectivity index (χ2n) is 7.20. The highest BCUT2D eigenvalue weighted by atomic mass is 16.5. The van der Waals surface area contributed by atoms with E-state index in [1.54, 1.807) is 6.07 Å². The van der Waals surface area contributed by atoms with Crippen LogP contribution in [-0.4, -0.2) is 53.3 Å². The molecule has 0 aromatic carbocycles. The van der Waals surface area contributed by atoms with Gasteiger partial charge in [0.15, 0.2) is 0 Å². The van der Waals surface area contributed by atoms with Gasteiger partial charge in [-0.05, 0) is 38.3 Å². The van der Waals surface area contributed by atoms with Gasteiger partial charge in [-0.15, -0.1) is 0 Å². The summed E-state index contributed by atoms with van der Waals surface area (Å²) in [5.41, 5.74) is 6.64. The van der Waals surface area contributed by atoms with Crippen LogP contribution >= 0.6 is 0 Å². The van der Waals surface area contributed by atoms with Crippen molar-refractivity contribution in [1.29, 1.82) is 0 Å². The molecule has 1 saturated heterocycles. The van der Waals surface area contributed by atoms with Crippen molar-refractivity contribution in [1.82, 2.24) is 15.1 Å². The largest absolute Gasteiger partial charge is 0.377 e. The van der Waals surface area contributed by atoms with Gasteiger partial charge in [0.2, 0.25) is 0 Å². The van der Waals surface area contributed by atoms with Crippen molar-refractivity contribution in [2.45, 2.75) is 63.4 Å². The molecule has 2 fully saturated rings. The molecular weight excluding hydrogens is 304 g/mol. The van der Waals surface area contributed by atoms with Gasteiger partial charge in [-0.25, -0.2) is 0 Å². The van der Waals surface area contributed by atoms with E-state index < -0.39 is 5.91 Å². The van der Waals surface area contributed by atoms with Crippen LogP contribution in [0.25, 0.3) is 0 Å². The summed E-state index contributed by atoms with van der Waals surface area (Å²) in [6, 6.07) is 1.80. The van der Waals surface area contributed by atoms with Crippen LogP contribution in [-0.2, 0) is 4.74 Å². The van der Waals surface area contributed by atoms with Crippen molar-refractivity contribution in [3.63, 3.8) is 0 Å². The van der Waals surface area contributed by atoms with Crippen molar-refractivity contribution in [2.24, 2.45) is 5.73 Å². The van der Waals surface area contributed by atoms with Gasteiger partial charge in [0.05, 0.1) is 12.7 Å². The number of ether oxygens (including phenoxy) is 1. The Morgan fingerprint density at radius 3 is 2.75 bits per heavy atom. The lowest BCUT2D eigenvalue weighted by Gasteiger charge is -2.32. The zero-order valence-electron chi connectivity index (χ0n) is 14.5. The average molecular weight is 334 g/mol. The normalized spacial score (nSPS) is 23.9. The maximum atomic E-state index is 11.2. The number of nitrogens with two attached hydrogens (primary N) is 1. The number of primary amides is 1. The number of aromatic nitrogens is 2. The van der Waals surface area contributed by atoms with E-state index in [1.807, 2.05) is 0 Å². The zero-order valence-corrected chi connectivity index (χ0v) is 14.5. The molecule has 1 aromatic heterocycles. The molecule has 0 bridgehead atoms. The van der Waals surface area contributed by atoms with Crippen LogP contribution in [0.3, 0.4) is 0 Å². The summed E-state index contributed by atoms with van der Waals surface area (Å²) in [6.07, 6.45) is 10.6. The van der Waals surface area contributed by atoms with Gasteiger partial charge in [-0.3, -0.25) is 9.89 Å². The van der Waals surface area contributed by atoms with Gasteiger partial charge in [-0.1, -0.05) is 25.7 Å². The number of piperidine rings is 1. The van der Waals surface area contributed by atoms with Crippen molar-refractivity contribution in [3.8, 4) is 0 Å². The highest BCUT2D eigenvalue weighted by Gasteiger charge is 2.23. The standard InChI is InChI=1S/C18H30N4O2/c19-18(23)17-12-16(20-21-17)14-6-5-9-22(13-14)10-11-24-15-7-3-1-2-4-8-15/h12,14-15H,1-11,13H2,(H2,19,23)(H,20,21)/t14-/m1/s1. The summed E-state index contributed by atoms with van der Waals surface area (Å²) in [7, 11) is 0. The highest BCUT2D eigenvalue weighted by molar-refractivity contribution is 5.90. The fourth-order valence-corrected chi connectivity index (χ4v) is 3.94. The summed E-state index contributed by atoms with van der Waals surface area (Å²) in [4.78, 5) is 13.7. The van der Waals surface area contributed by atoms with Crippen molar-refractivity contribution < 1.29 is 9.53 Å². The third-order valence-corrected chi connectivity index (χ3v) is 5.36. The number of hydrogen-bond acceptors (Lipinski definition) is 4. The Balaban J connectivity index is 1.44. The summed E-state index contributed by atoms with van der Waals surface area (Å²) < 4.78 is 6.12. The third kappa shape index (κ3) is 4.80. The number of hydrogen-bond donors (Lipinski definition) is 2. The number of amides is 1. The van der Waals surface area contributed by atoms with Crippen LogP contribution in [0, 0.1) is 0 Å². The molecule has 6 nitrogen and oxygen atoms in total. The summed E-state index contributed by atoms with van der Waals surface area (Å²) in [5, 5.41) is 6.99. The lowest BCUT2D eigenvalue weighted by molar-refractivity contribution is 0.0248. The quantitative estimate of drug-likeness (QED) is 0.783. The van der Waals surface area contributed by atoms with E-state index in [-0.39, 0.29) is 0 Å². The van der Waals surface area contributed by atoms with E-state index >= 15 is 0 Å². The maximum Gasteiger partial charge on any atom is 0.269 e. The molecule has 0 radical (unpaired) electrons. The molecule has 2 heterocycles. The topological polar surface area (TPSA) is 84.2 Å². The van der Waals surface area contributed by atoms with E-state index in [0.29, 0.717) is 17.7 Å². The van der Waals surface area contributed by atoms with Crippen LogP contribution in [0.2, 0.25) is 0 Å². The molecule has 3 rings (SSSR count). The average Bonchev–Trinajstić information content (AvgIpc) is 2.95.